The van der Waals surface area contributed by atoms with E-state index in [1.807, 2.05) is 30.3 Å². The van der Waals surface area contributed by atoms with Crippen molar-refractivity contribution in [2.75, 3.05) is 5.33 Å². The molecule has 0 saturated carbocycles. The van der Waals surface area contributed by atoms with Crippen LogP contribution in [0.2, 0.25) is 0 Å². The van der Waals surface area contributed by atoms with E-state index < -0.39 is 0 Å². The molecule has 0 bridgehead atoms. The number of halogens is 1. The predicted molar refractivity (Wildman–Crippen MR) is 59.5 cm³/mol. The SMILES string of the molecule is CC(=O)O[C@H](CBr)Cc1ccccc1. The van der Waals surface area contributed by atoms with Crippen molar-refractivity contribution >= 4 is 21.9 Å². The van der Waals surface area contributed by atoms with Crippen molar-refractivity contribution in [3.05, 3.63) is 35.9 Å². The van der Waals surface area contributed by atoms with Crippen molar-refractivity contribution in [3.8, 4) is 0 Å². The van der Waals surface area contributed by atoms with E-state index in [1.54, 1.807) is 0 Å². The number of carbonyl (C=O) groups excluding carboxylic acids is 1. The fraction of sp³-hybridized carbons (Fsp3) is 0.364. The van der Waals surface area contributed by atoms with Crippen molar-refractivity contribution in [1.82, 2.24) is 0 Å². The molecule has 0 radical (unpaired) electrons. The number of rotatable bonds is 4. The number of alkyl halides is 1. The highest BCUT2D eigenvalue weighted by Gasteiger charge is 2.10. The first-order valence-electron chi connectivity index (χ1n) is 4.49. The molecule has 0 fully saturated rings. The van der Waals surface area contributed by atoms with Gasteiger partial charge in [0.1, 0.15) is 6.10 Å². The van der Waals surface area contributed by atoms with Crippen LogP contribution >= 0.6 is 15.9 Å². The van der Waals surface area contributed by atoms with Gasteiger partial charge in [-0.2, -0.15) is 0 Å². The van der Waals surface area contributed by atoms with E-state index in [-0.39, 0.29) is 12.1 Å². The molecule has 0 spiro atoms. The van der Waals surface area contributed by atoms with Crippen LogP contribution in [0, 0.1) is 0 Å². The van der Waals surface area contributed by atoms with Gasteiger partial charge in [0.15, 0.2) is 0 Å². The van der Waals surface area contributed by atoms with Gasteiger partial charge in [-0.3, -0.25) is 4.79 Å². The molecule has 0 aliphatic carbocycles. The van der Waals surface area contributed by atoms with Crippen LogP contribution in [0.5, 0.6) is 0 Å². The average Bonchev–Trinajstić information content (AvgIpc) is 2.17. The van der Waals surface area contributed by atoms with Gasteiger partial charge in [0.05, 0.1) is 0 Å². The zero-order valence-corrected chi connectivity index (χ0v) is 9.66. The number of hydrogen-bond donors (Lipinski definition) is 0. The summed E-state index contributed by atoms with van der Waals surface area (Å²) >= 11 is 3.32. The lowest BCUT2D eigenvalue weighted by molar-refractivity contribution is -0.145. The Labute approximate surface area is 92.4 Å². The lowest BCUT2D eigenvalue weighted by atomic mass is 10.1. The highest BCUT2D eigenvalue weighted by molar-refractivity contribution is 9.09. The van der Waals surface area contributed by atoms with E-state index in [9.17, 15) is 4.79 Å². The normalized spacial score (nSPS) is 12.1. The molecule has 0 aliphatic heterocycles. The Bertz CT molecular complexity index is 285. The maximum absolute atomic E-state index is 10.8. The molecule has 2 nitrogen and oxygen atoms in total. The van der Waals surface area contributed by atoms with Gasteiger partial charge in [-0.1, -0.05) is 46.3 Å². The van der Waals surface area contributed by atoms with E-state index in [1.165, 1.54) is 12.5 Å². The van der Waals surface area contributed by atoms with Gasteiger partial charge >= 0.3 is 5.97 Å². The van der Waals surface area contributed by atoms with Crippen LogP contribution in [0.15, 0.2) is 30.3 Å². The summed E-state index contributed by atoms with van der Waals surface area (Å²) < 4.78 is 5.12. The maximum Gasteiger partial charge on any atom is 0.302 e. The van der Waals surface area contributed by atoms with E-state index in [0.717, 1.165) is 6.42 Å². The van der Waals surface area contributed by atoms with E-state index in [2.05, 4.69) is 15.9 Å². The first-order chi connectivity index (χ1) is 6.72. The van der Waals surface area contributed by atoms with Crippen LogP contribution in [-0.4, -0.2) is 17.4 Å². The zero-order chi connectivity index (χ0) is 10.4. The van der Waals surface area contributed by atoms with Crippen LogP contribution in [-0.2, 0) is 16.0 Å². The summed E-state index contributed by atoms with van der Waals surface area (Å²) in [4.78, 5) is 10.8. The number of hydrogen-bond acceptors (Lipinski definition) is 2. The third-order valence-corrected chi connectivity index (χ3v) is 2.53. The Morgan fingerprint density at radius 3 is 2.57 bits per heavy atom. The number of benzene rings is 1. The minimum absolute atomic E-state index is 0.0742. The Kier molecular flexibility index (Phi) is 4.66. The smallest absolute Gasteiger partial charge is 0.302 e. The number of ether oxygens (including phenoxy) is 1. The number of esters is 1. The molecule has 1 aromatic carbocycles. The van der Waals surface area contributed by atoms with Crippen molar-refractivity contribution in [2.24, 2.45) is 0 Å². The Hall–Kier alpha value is -0.830. The number of carbonyl (C=O) groups is 1. The summed E-state index contributed by atoms with van der Waals surface area (Å²) in [5, 5.41) is 0.668. The molecule has 0 aromatic heterocycles. The van der Waals surface area contributed by atoms with Gasteiger partial charge in [-0.15, -0.1) is 0 Å². The largest absolute Gasteiger partial charge is 0.461 e. The van der Waals surface area contributed by atoms with Gasteiger partial charge in [-0.05, 0) is 5.56 Å². The van der Waals surface area contributed by atoms with Crippen molar-refractivity contribution < 1.29 is 9.53 Å². The van der Waals surface area contributed by atoms with Crippen LogP contribution in [0.25, 0.3) is 0 Å². The van der Waals surface area contributed by atoms with Gasteiger partial charge in [-0.25, -0.2) is 0 Å². The fourth-order valence-corrected chi connectivity index (χ4v) is 1.60. The molecule has 0 saturated heterocycles. The molecular weight excluding hydrogens is 244 g/mol. The molecule has 1 aromatic rings. The first kappa shape index (κ1) is 11.2. The molecule has 76 valence electrons. The second-order valence-corrected chi connectivity index (χ2v) is 3.72. The molecule has 0 N–H and O–H groups in total. The summed E-state index contributed by atoms with van der Waals surface area (Å²) in [6.07, 6.45) is 0.681. The van der Waals surface area contributed by atoms with Crippen molar-refractivity contribution in [3.63, 3.8) is 0 Å². The van der Waals surface area contributed by atoms with Crippen LogP contribution in [0.3, 0.4) is 0 Å². The Morgan fingerprint density at radius 2 is 2.07 bits per heavy atom. The summed E-state index contributed by atoms with van der Waals surface area (Å²) in [5.41, 5.74) is 1.18. The molecule has 14 heavy (non-hydrogen) atoms. The van der Waals surface area contributed by atoms with Gasteiger partial charge in [0, 0.05) is 18.7 Å². The van der Waals surface area contributed by atoms with Gasteiger partial charge < -0.3 is 4.74 Å². The molecule has 0 unspecified atom stereocenters. The zero-order valence-electron chi connectivity index (χ0n) is 8.07. The van der Waals surface area contributed by atoms with E-state index >= 15 is 0 Å². The first-order valence-corrected chi connectivity index (χ1v) is 5.61. The standard InChI is InChI=1S/C11H13BrO2/c1-9(13)14-11(8-12)7-10-5-3-2-4-6-10/h2-6,11H,7-8H2,1H3/t11-/m0/s1. The topological polar surface area (TPSA) is 26.3 Å². The minimum Gasteiger partial charge on any atom is -0.461 e. The van der Waals surface area contributed by atoms with Gasteiger partial charge in [0.2, 0.25) is 0 Å². The minimum atomic E-state index is -0.231. The summed E-state index contributed by atoms with van der Waals surface area (Å²) in [7, 11) is 0. The van der Waals surface area contributed by atoms with Crippen LogP contribution < -0.4 is 0 Å². The maximum atomic E-state index is 10.8. The second kappa shape index (κ2) is 5.81. The molecule has 1 atom stereocenters. The summed E-state index contributed by atoms with van der Waals surface area (Å²) in [5.74, 6) is -0.231. The average molecular weight is 257 g/mol. The third kappa shape index (κ3) is 3.92. The molecule has 0 aliphatic rings. The lowest BCUT2D eigenvalue weighted by Crippen LogP contribution is -2.20. The van der Waals surface area contributed by atoms with E-state index in [4.69, 9.17) is 4.74 Å². The quantitative estimate of drug-likeness (QED) is 0.612. The molecule has 1 rings (SSSR count). The predicted octanol–water partition coefficient (Wildman–Crippen LogP) is 2.56. The highest BCUT2D eigenvalue weighted by Crippen LogP contribution is 2.08. The highest BCUT2D eigenvalue weighted by atomic mass is 79.9. The molecule has 3 heteroatoms. The third-order valence-electron chi connectivity index (χ3n) is 1.81. The van der Waals surface area contributed by atoms with E-state index in [0.29, 0.717) is 5.33 Å². The summed E-state index contributed by atoms with van der Waals surface area (Å²) in [6, 6.07) is 9.99. The van der Waals surface area contributed by atoms with Crippen molar-refractivity contribution in [1.29, 1.82) is 0 Å². The second-order valence-electron chi connectivity index (χ2n) is 3.08. The summed E-state index contributed by atoms with van der Waals surface area (Å²) in [6.45, 7) is 1.43. The van der Waals surface area contributed by atoms with Crippen LogP contribution in [0.4, 0.5) is 0 Å². The van der Waals surface area contributed by atoms with Crippen LogP contribution in [0.1, 0.15) is 12.5 Å². The molecule has 0 amide bonds. The fourth-order valence-electron chi connectivity index (χ4n) is 1.24. The monoisotopic (exact) mass is 256 g/mol. The van der Waals surface area contributed by atoms with Crippen molar-refractivity contribution in [2.45, 2.75) is 19.4 Å². The lowest BCUT2D eigenvalue weighted by Gasteiger charge is -2.13. The Balaban J connectivity index is 2.53. The molecule has 0 heterocycles. The van der Waals surface area contributed by atoms with Gasteiger partial charge in [0.25, 0.3) is 0 Å². The molecular formula is C11H13BrO2. The Morgan fingerprint density at radius 1 is 1.43 bits per heavy atom.